The van der Waals surface area contributed by atoms with Crippen molar-refractivity contribution in [1.82, 2.24) is 19.8 Å². The van der Waals surface area contributed by atoms with Crippen molar-refractivity contribution in [3.63, 3.8) is 0 Å². The van der Waals surface area contributed by atoms with Crippen LogP contribution in [0.5, 0.6) is 0 Å². The summed E-state index contributed by atoms with van der Waals surface area (Å²) in [4.78, 5) is 30.9. The molecule has 27 heavy (non-hydrogen) atoms. The van der Waals surface area contributed by atoms with Gasteiger partial charge in [0.05, 0.1) is 10.3 Å². The number of carbonyl (C=O) groups excluding carboxylic acids is 1. The molecule has 0 saturated carbocycles. The zero-order valence-electron chi connectivity index (χ0n) is 16.4. The molecule has 0 radical (unpaired) electrons. The van der Waals surface area contributed by atoms with E-state index in [-0.39, 0.29) is 5.91 Å². The lowest BCUT2D eigenvalue weighted by Gasteiger charge is -2.35. The molecule has 6 nitrogen and oxygen atoms in total. The number of carbonyl (C=O) groups is 1. The van der Waals surface area contributed by atoms with Crippen molar-refractivity contribution in [3.8, 4) is 0 Å². The normalized spacial score (nSPS) is 19.0. The molecule has 0 aromatic carbocycles. The number of hydrogen-bond acceptors (Lipinski definition) is 6. The van der Waals surface area contributed by atoms with Gasteiger partial charge in [-0.05, 0) is 44.7 Å². The summed E-state index contributed by atoms with van der Waals surface area (Å²) in [5.41, 5.74) is 1.05. The zero-order valence-corrected chi connectivity index (χ0v) is 17.2. The van der Waals surface area contributed by atoms with Crippen LogP contribution in [0.25, 0.3) is 10.2 Å². The molecule has 2 aliphatic heterocycles. The molecule has 0 N–H and O–H groups in total. The van der Waals surface area contributed by atoms with E-state index < -0.39 is 0 Å². The van der Waals surface area contributed by atoms with E-state index in [0.29, 0.717) is 0 Å². The van der Waals surface area contributed by atoms with Gasteiger partial charge in [-0.3, -0.25) is 9.69 Å². The molecule has 0 bridgehead atoms. The van der Waals surface area contributed by atoms with Gasteiger partial charge in [-0.15, -0.1) is 11.3 Å². The number of nitrogens with zero attached hydrogens (tertiary/aromatic N) is 5. The van der Waals surface area contributed by atoms with Gasteiger partial charge in [0.25, 0.3) is 5.91 Å². The van der Waals surface area contributed by atoms with E-state index in [2.05, 4.69) is 33.6 Å². The molecule has 7 heteroatoms. The van der Waals surface area contributed by atoms with E-state index in [1.165, 1.54) is 30.7 Å². The fraction of sp³-hybridized carbons (Fsp3) is 0.650. The SMILES string of the molecule is CCCN1CCN(c2ncnc3sc(C(=O)N4CCCCC4)c(C)c23)CC1. The molecule has 0 atom stereocenters. The van der Waals surface area contributed by atoms with Crippen molar-refractivity contribution < 1.29 is 4.79 Å². The van der Waals surface area contributed by atoms with Crippen LogP contribution in [0.2, 0.25) is 0 Å². The average molecular weight is 388 g/mol. The lowest BCUT2D eigenvalue weighted by atomic mass is 10.1. The summed E-state index contributed by atoms with van der Waals surface area (Å²) < 4.78 is 0. The number of piperidine rings is 1. The standard InChI is InChI=1S/C20H29N5OS/c1-3-7-23-10-12-24(13-11-23)18-16-15(2)17(27-19(16)22-14-21-18)20(26)25-8-5-4-6-9-25/h14H,3-13H2,1-2H3. The highest BCUT2D eigenvalue weighted by Crippen LogP contribution is 2.36. The van der Waals surface area contributed by atoms with Crippen molar-refractivity contribution >= 4 is 33.3 Å². The Kier molecular flexibility index (Phi) is 5.59. The van der Waals surface area contributed by atoms with Gasteiger partial charge >= 0.3 is 0 Å². The van der Waals surface area contributed by atoms with Gasteiger partial charge in [0.2, 0.25) is 0 Å². The van der Waals surface area contributed by atoms with Gasteiger partial charge in [-0.25, -0.2) is 9.97 Å². The third kappa shape index (κ3) is 3.67. The number of aromatic nitrogens is 2. The highest BCUT2D eigenvalue weighted by molar-refractivity contribution is 7.20. The second kappa shape index (κ2) is 8.10. The predicted molar refractivity (Wildman–Crippen MR) is 111 cm³/mol. The Hall–Kier alpha value is -1.73. The van der Waals surface area contributed by atoms with E-state index >= 15 is 0 Å². The minimum absolute atomic E-state index is 0.175. The van der Waals surface area contributed by atoms with Gasteiger partial charge in [-0.2, -0.15) is 0 Å². The van der Waals surface area contributed by atoms with Gasteiger partial charge < -0.3 is 9.80 Å². The number of piperazine rings is 1. The molecule has 2 saturated heterocycles. The number of thiophene rings is 1. The molecule has 2 aliphatic rings. The fourth-order valence-electron chi connectivity index (χ4n) is 4.24. The summed E-state index contributed by atoms with van der Waals surface area (Å²) in [6, 6.07) is 0. The van der Waals surface area contributed by atoms with E-state index in [0.717, 1.165) is 78.6 Å². The highest BCUT2D eigenvalue weighted by Gasteiger charge is 2.27. The average Bonchev–Trinajstić information content (AvgIpc) is 3.06. The minimum atomic E-state index is 0.175. The number of anilines is 1. The van der Waals surface area contributed by atoms with E-state index in [4.69, 9.17) is 0 Å². The van der Waals surface area contributed by atoms with Crippen LogP contribution in [0.3, 0.4) is 0 Å². The Bertz CT molecular complexity index is 806. The summed E-state index contributed by atoms with van der Waals surface area (Å²) in [5, 5.41) is 1.08. The molecule has 4 heterocycles. The van der Waals surface area contributed by atoms with Crippen LogP contribution < -0.4 is 4.90 Å². The third-order valence-corrected chi connectivity index (χ3v) is 6.94. The quantitative estimate of drug-likeness (QED) is 0.807. The van der Waals surface area contributed by atoms with Crippen molar-refractivity contribution in [2.24, 2.45) is 0 Å². The molecule has 4 rings (SSSR count). The summed E-state index contributed by atoms with van der Waals surface area (Å²) in [6.07, 6.45) is 6.31. The van der Waals surface area contributed by atoms with Gasteiger partial charge in [0.15, 0.2) is 0 Å². The second-order valence-electron chi connectivity index (χ2n) is 7.62. The maximum absolute atomic E-state index is 13.1. The van der Waals surface area contributed by atoms with Crippen LogP contribution in [0, 0.1) is 6.92 Å². The lowest BCUT2D eigenvalue weighted by molar-refractivity contribution is 0.0728. The Morgan fingerprint density at radius 2 is 1.81 bits per heavy atom. The number of hydrogen-bond donors (Lipinski definition) is 0. The van der Waals surface area contributed by atoms with Crippen molar-refractivity contribution in [3.05, 3.63) is 16.8 Å². The van der Waals surface area contributed by atoms with Crippen LogP contribution in [-0.4, -0.2) is 71.5 Å². The molecule has 2 aromatic heterocycles. The molecule has 146 valence electrons. The largest absolute Gasteiger partial charge is 0.353 e. The molecular formula is C20H29N5OS. The van der Waals surface area contributed by atoms with Crippen molar-refractivity contribution in [2.45, 2.75) is 39.5 Å². The molecule has 1 amide bonds. The van der Waals surface area contributed by atoms with Crippen LogP contribution in [0.15, 0.2) is 6.33 Å². The molecular weight excluding hydrogens is 358 g/mol. The van der Waals surface area contributed by atoms with Crippen LogP contribution in [0.1, 0.15) is 47.8 Å². The minimum Gasteiger partial charge on any atom is -0.353 e. The van der Waals surface area contributed by atoms with E-state index in [1.807, 2.05) is 4.90 Å². The first-order chi connectivity index (χ1) is 13.2. The van der Waals surface area contributed by atoms with Gasteiger partial charge in [0.1, 0.15) is 17.0 Å². The first-order valence-electron chi connectivity index (χ1n) is 10.2. The Morgan fingerprint density at radius 3 is 2.52 bits per heavy atom. The number of likely N-dealkylation sites (tertiary alicyclic amines) is 1. The number of amides is 1. The van der Waals surface area contributed by atoms with Crippen LogP contribution in [0.4, 0.5) is 5.82 Å². The highest BCUT2D eigenvalue weighted by atomic mass is 32.1. The maximum atomic E-state index is 13.1. The lowest BCUT2D eigenvalue weighted by Crippen LogP contribution is -2.46. The monoisotopic (exact) mass is 387 g/mol. The summed E-state index contributed by atoms with van der Waals surface area (Å²) >= 11 is 1.53. The molecule has 0 unspecified atom stereocenters. The summed E-state index contributed by atoms with van der Waals surface area (Å²) in [5.74, 6) is 1.18. The number of aryl methyl sites for hydroxylation is 1. The smallest absolute Gasteiger partial charge is 0.264 e. The summed E-state index contributed by atoms with van der Waals surface area (Å²) in [6.45, 7) is 11.3. The van der Waals surface area contributed by atoms with Gasteiger partial charge in [-0.1, -0.05) is 6.92 Å². The van der Waals surface area contributed by atoms with Crippen LogP contribution >= 0.6 is 11.3 Å². The number of rotatable bonds is 4. The number of fused-ring (bicyclic) bond motifs is 1. The third-order valence-electron chi connectivity index (χ3n) is 5.76. The molecule has 2 fully saturated rings. The van der Waals surface area contributed by atoms with Crippen molar-refractivity contribution in [2.75, 3.05) is 50.7 Å². The molecule has 0 aliphatic carbocycles. The Balaban J connectivity index is 1.62. The zero-order chi connectivity index (χ0) is 18.8. The second-order valence-corrected chi connectivity index (χ2v) is 8.61. The fourth-order valence-corrected chi connectivity index (χ4v) is 5.35. The van der Waals surface area contributed by atoms with E-state index in [9.17, 15) is 4.79 Å². The molecule has 0 spiro atoms. The van der Waals surface area contributed by atoms with Gasteiger partial charge in [0, 0.05) is 39.3 Å². The Labute approximate surface area is 165 Å². The van der Waals surface area contributed by atoms with Crippen LogP contribution in [-0.2, 0) is 0 Å². The summed E-state index contributed by atoms with van der Waals surface area (Å²) in [7, 11) is 0. The predicted octanol–water partition coefficient (Wildman–Crippen LogP) is 3.16. The molecule has 2 aromatic rings. The first-order valence-corrected chi connectivity index (χ1v) is 11.0. The van der Waals surface area contributed by atoms with Crippen molar-refractivity contribution in [1.29, 1.82) is 0 Å². The maximum Gasteiger partial charge on any atom is 0.264 e. The van der Waals surface area contributed by atoms with E-state index in [1.54, 1.807) is 6.33 Å². The topological polar surface area (TPSA) is 52.6 Å². The Morgan fingerprint density at radius 1 is 1.07 bits per heavy atom. The first kappa shape index (κ1) is 18.6.